The van der Waals surface area contributed by atoms with Gasteiger partial charge in [0.25, 0.3) is 11.8 Å². The number of rotatable bonds is 3. The number of nitrogens with one attached hydrogen (secondary N) is 2. The Balaban J connectivity index is 2.22. The van der Waals surface area contributed by atoms with Gasteiger partial charge < -0.3 is 15.4 Å². The van der Waals surface area contributed by atoms with E-state index in [1.165, 1.54) is 26.0 Å². The van der Waals surface area contributed by atoms with Crippen molar-refractivity contribution in [2.45, 2.75) is 45.4 Å². The lowest BCUT2D eigenvalue weighted by atomic mass is 9.99. The minimum absolute atomic E-state index is 0.320. The topological polar surface area (TPSA) is 108 Å². The van der Waals surface area contributed by atoms with Crippen LogP contribution in [0.25, 0.3) is 0 Å². The normalized spacial score (nSPS) is 18.1. The van der Waals surface area contributed by atoms with Crippen LogP contribution in [0.2, 0.25) is 0 Å². The summed E-state index contributed by atoms with van der Waals surface area (Å²) >= 11 is 0. The highest BCUT2D eigenvalue weighted by atomic mass is 16.6. The Hall–Kier alpha value is -3.10. The summed E-state index contributed by atoms with van der Waals surface area (Å²) in [6.07, 6.45) is -0.741. The number of nitrogens with zero attached hydrogens (tertiary/aromatic N) is 2. The largest absolute Gasteiger partial charge is 0.444 e. The molecule has 2 atom stereocenters. The van der Waals surface area contributed by atoms with E-state index in [2.05, 4.69) is 10.6 Å². The van der Waals surface area contributed by atoms with Crippen molar-refractivity contribution >= 4 is 23.8 Å². The van der Waals surface area contributed by atoms with E-state index >= 15 is 0 Å². The summed E-state index contributed by atoms with van der Waals surface area (Å²) < 4.78 is 5.13. The van der Waals surface area contributed by atoms with Crippen molar-refractivity contribution in [3.05, 3.63) is 35.4 Å². The van der Waals surface area contributed by atoms with Gasteiger partial charge in [-0.15, -0.1) is 0 Å². The van der Waals surface area contributed by atoms with Gasteiger partial charge in [-0.25, -0.2) is 4.79 Å². The molecule has 0 spiro atoms. The van der Waals surface area contributed by atoms with Crippen LogP contribution in [0.4, 0.5) is 4.79 Å². The lowest BCUT2D eigenvalue weighted by Gasteiger charge is -2.28. The third kappa shape index (κ3) is 4.59. The molecule has 2 N–H and O–H groups in total. The highest BCUT2D eigenvalue weighted by molar-refractivity contribution is 6.02. The smallest absolute Gasteiger partial charge is 0.408 e. The van der Waals surface area contributed by atoms with Gasteiger partial charge in [-0.05, 0) is 39.3 Å². The Morgan fingerprint density at radius 1 is 1.11 bits per heavy atom. The molecule has 0 saturated carbocycles. The number of hydrazine groups is 1. The number of carbonyl (C=O) groups is 4. The molecule has 2 rings (SSSR count). The molecule has 0 radical (unpaired) electrons. The maximum Gasteiger partial charge on any atom is 0.408 e. The number of ether oxygens (including phenoxy) is 1. The van der Waals surface area contributed by atoms with Gasteiger partial charge in [0.05, 0.1) is 0 Å². The lowest BCUT2D eigenvalue weighted by Crippen LogP contribution is -2.51. The first-order chi connectivity index (χ1) is 12.9. The molecule has 4 amide bonds. The SMILES string of the molecule is C[C@H](NC(=O)OC(C)(C)C)C(=O)N[C@@H]1C(=O)N(C)N(C)C(=O)c2ccccc21. The molecule has 1 aromatic carbocycles. The van der Waals surface area contributed by atoms with Crippen LogP contribution in [-0.2, 0) is 14.3 Å². The van der Waals surface area contributed by atoms with E-state index in [1.54, 1.807) is 45.0 Å². The van der Waals surface area contributed by atoms with Gasteiger partial charge in [0.15, 0.2) is 0 Å². The van der Waals surface area contributed by atoms with E-state index in [-0.39, 0.29) is 5.91 Å². The summed E-state index contributed by atoms with van der Waals surface area (Å²) in [6.45, 7) is 6.61. The number of alkyl carbamates (subject to hydrolysis) is 1. The van der Waals surface area contributed by atoms with E-state index in [0.717, 1.165) is 5.01 Å². The molecule has 0 saturated heterocycles. The summed E-state index contributed by atoms with van der Waals surface area (Å²) in [6, 6.07) is 4.58. The number of fused-ring (bicyclic) bond motifs is 1. The van der Waals surface area contributed by atoms with Crippen LogP contribution in [0.15, 0.2) is 24.3 Å². The first-order valence-electron chi connectivity index (χ1n) is 8.86. The quantitative estimate of drug-likeness (QED) is 0.807. The third-order valence-electron chi connectivity index (χ3n) is 4.23. The fourth-order valence-corrected chi connectivity index (χ4v) is 2.68. The highest BCUT2D eigenvalue weighted by Gasteiger charge is 2.37. The predicted octanol–water partition coefficient (Wildman–Crippen LogP) is 1.22. The zero-order valence-electron chi connectivity index (χ0n) is 16.9. The summed E-state index contributed by atoms with van der Waals surface area (Å²) in [5.74, 6) is -1.41. The second kappa shape index (κ2) is 7.87. The summed E-state index contributed by atoms with van der Waals surface area (Å²) in [5.41, 5.74) is 0.0108. The maximum absolute atomic E-state index is 12.8. The number of benzene rings is 1. The molecule has 1 aliphatic rings. The van der Waals surface area contributed by atoms with Crippen molar-refractivity contribution in [2.75, 3.05) is 14.1 Å². The first-order valence-corrected chi connectivity index (χ1v) is 8.86. The average Bonchev–Trinajstić information content (AvgIpc) is 2.66. The van der Waals surface area contributed by atoms with Crippen LogP contribution in [0.1, 0.15) is 49.7 Å². The van der Waals surface area contributed by atoms with Crippen LogP contribution in [0.5, 0.6) is 0 Å². The van der Waals surface area contributed by atoms with E-state index < -0.39 is 35.6 Å². The van der Waals surface area contributed by atoms with E-state index in [9.17, 15) is 19.2 Å². The zero-order chi connectivity index (χ0) is 21.2. The van der Waals surface area contributed by atoms with Gasteiger partial charge in [0.2, 0.25) is 5.91 Å². The first kappa shape index (κ1) is 21.2. The fraction of sp³-hybridized carbons (Fsp3) is 0.474. The van der Waals surface area contributed by atoms with Gasteiger partial charge >= 0.3 is 6.09 Å². The Morgan fingerprint density at radius 3 is 2.32 bits per heavy atom. The molecule has 0 fully saturated rings. The molecule has 152 valence electrons. The Bertz CT molecular complexity index is 802. The zero-order valence-corrected chi connectivity index (χ0v) is 16.9. The molecule has 1 aromatic rings. The van der Waals surface area contributed by atoms with Gasteiger partial charge in [0, 0.05) is 19.7 Å². The van der Waals surface area contributed by atoms with Gasteiger partial charge in [-0.1, -0.05) is 18.2 Å². The second-order valence-electron chi connectivity index (χ2n) is 7.59. The molecule has 9 nitrogen and oxygen atoms in total. The van der Waals surface area contributed by atoms with Crippen LogP contribution >= 0.6 is 0 Å². The summed E-state index contributed by atoms with van der Waals surface area (Å²) in [4.78, 5) is 49.9. The minimum Gasteiger partial charge on any atom is -0.444 e. The third-order valence-corrected chi connectivity index (χ3v) is 4.23. The molecule has 0 bridgehead atoms. The van der Waals surface area contributed by atoms with Crippen LogP contribution in [0, 0.1) is 0 Å². The molecule has 0 aliphatic carbocycles. The Labute approximate surface area is 164 Å². The van der Waals surface area contributed by atoms with E-state index in [1.807, 2.05) is 0 Å². The fourth-order valence-electron chi connectivity index (χ4n) is 2.68. The minimum atomic E-state index is -1.06. The lowest BCUT2D eigenvalue weighted by molar-refractivity contribution is -0.144. The molecule has 9 heteroatoms. The van der Waals surface area contributed by atoms with Crippen molar-refractivity contribution < 1.29 is 23.9 Å². The van der Waals surface area contributed by atoms with Crippen LogP contribution in [-0.4, -0.2) is 59.6 Å². The van der Waals surface area contributed by atoms with Crippen LogP contribution < -0.4 is 10.6 Å². The molecule has 1 aliphatic heterocycles. The molecule has 0 unspecified atom stereocenters. The van der Waals surface area contributed by atoms with Crippen molar-refractivity contribution in [2.24, 2.45) is 0 Å². The molecular formula is C19H26N4O5. The number of carbonyl (C=O) groups excluding carboxylic acids is 4. The predicted molar refractivity (Wildman–Crippen MR) is 101 cm³/mol. The number of hydrogen-bond acceptors (Lipinski definition) is 5. The van der Waals surface area contributed by atoms with Crippen LogP contribution in [0.3, 0.4) is 0 Å². The van der Waals surface area contributed by atoms with Gasteiger partial charge in [-0.3, -0.25) is 24.4 Å². The molecule has 0 aromatic heterocycles. The second-order valence-corrected chi connectivity index (χ2v) is 7.59. The van der Waals surface area contributed by atoms with Crippen molar-refractivity contribution in [3.8, 4) is 0 Å². The summed E-state index contributed by atoms with van der Waals surface area (Å²) in [5, 5.41) is 7.40. The number of likely N-dealkylation sites (N-methyl/N-ethyl adjacent to an activating group) is 1. The van der Waals surface area contributed by atoms with Crippen molar-refractivity contribution in [1.29, 1.82) is 0 Å². The molecule has 28 heavy (non-hydrogen) atoms. The van der Waals surface area contributed by atoms with Gasteiger partial charge in [0.1, 0.15) is 17.7 Å². The molecular weight excluding hydrogens is 364 g/mol. The van der Waals surface area contributed by atoms with E-state index in [0.29, 0.717) is 11.1 Å². The summed E-state index contributed by atoms with van der Waals surface area (Å²) in [7, 11) is 2.93. The Kier molecular flexibility index (Phi) is 5.96. The maximum atomic E-state index is 12.8. The standard InChI is InChI=1S/C19H26N4O5/c1-11(20-18(27)28-19(2,3)4)15(24)21-14-12-9-7-8-10-13(12)16(25)22(5)23(6)17(14)26/h7-11,14H,1-6H3,(H,20,27)(H,21,24)/t11-,14-/m0/s1. The van der Waals surface area contributed by atoms with E-state index in [4.69, 9.17) is 4.74 Å². The Morgan fingerprint density at radius 2 is 1.71 bits per heavy atom. The monoisotopic (exact) mass is 390 g/mol. The van der Waals surface area contributed by atoms with Crippen molar-refractivity contribution in [3.63, 3.8) is 0 Å². The van der Waals surface area contributed by atoms with Gasteiger partial charge in [-0.2, -0.15) is 0 Å². The molecule has 1 heterocycles. The average molecular weight is 390 g/mol. The number of amides is 4. The van der Waals surface area contributed by atoms with Crippen molar-refractivity contribution in [1.82, 2.24) is 20.7 Å². The highest BCUT2D eigenvalue weighted by Crippen LogP contribution is 2.25. The number of hydrogen-bond donors (Lipinski definition) is 2.